The zero-order chi connectivity index (χ0) is 20.3. The predicted molar refractivity (Wildman–Crippen MR) is 108 cm³/mol. The zero-order valence-corrected chi connectivity index (χ0v) is 16.7. The number of amides is 1. The Morgan fingerprint density at radius 2 is 1.82 bits per heavy atom. The van der Waals surface area contributed by atoms with E-state index in [0.717, 1.165) is 17.1 Å². The van der Waals surface area contributed by atoms with Crippen molar-refractivity contribution in [1.82, 2.24) is 14.5 Å². The smallest absolute Gasteiger partial charge is 0.255 e. The standard InChI is InChI=1S/C20H22N4O3S/c1-4-21-28(26,27)17-9-7-8-16(13-17)20(25)22-18-10-5-6-11-19(18)24-15(3)12-14(2)23-24/h5-13,21H,4H2,1-3H3,(H,22,25). The summed E-state index contributed by atoms with van der Waals surface area (Å²) in [7, 11) is -3.64. The molecular formula is C20H22N4O3S. The Balaban J connectivity index is 1.92. The van der Waals surface area contributed by atoms with Gasteiger partial charge in [0.1, 0.15) is 0 Å². The van der Waals surface area contributed by atoms with Crippen LogP contribution in [0.2, 0.25) is 0 Å². The average molecular weight is 398 g/mol. The molecule has 7 nitrogen and oxygen atoms in total. The molecule has 1 heterocycles. The molecule has 0 aliphatic heterocycles. The average Bonchev–Trinajstić information content (AvgIpc) is 3.00. The molecule has 0 unspecified atom stereocenters. The van der Waals surface area contributed by atoms with Crippen LogP contribution in [0.25, 0.3) is 5.69 Å². The SMILES string of the molecule is CCNS(=O)(=O)c1cccc(C(=O)Nc2ccccc2-n2nc(C)cc2C)c1. The summed E-state index contributed by atoms with van der Waals surface area (Å²) < 4.78 is 28.6. The van der Waals surface area contributed by atoms with Crippen molar-refractivity contribution in [2.75, 3.05) is 11.9 Å². The van der Waals surface area contributed by atoms with Crippen LogP contribution < -0.4 is 10.0 Å². The van der Waals surface area contributed by atoms with Crippen LogP contribution in [-0.2, 0) is 10.0 Å². The molecule has 0 fully saturated rings. The molecule has 0 saturated heterocycles. The van der Waals surface area contributed by atoms with Crippen LogP contribution in [-0.4, -0.2) is 30.7 Å². The predicted octanol–water partition coefficient (Wildman–Crippen LogP) is 3.04. The molecule has 0 aliphatic carbocycles. The van der Waals surface area contributed by atoms with Crippen LogP contribution >= 0.6 is 0 Å². The molecule has 0 bridgehead atoms. The van der Waals surface area contributed by atoms with Crippen LogP contribution in [0, 0.1) is 13.8 Å². The van der Waals surface area contributed by atoms with E-state index in [2.05, 4.69) is 15.1 Å². The van der Waals surface area contributed by atoms with Gasteiger partial charge in [-0.05, 0) is 50.2 Å². The van der Waals surface area contributed by atoms with Crippen LogP contribution in [0.3, 0.4) is 0 Å². The van der Waals surface area contributed by atoms with E-state index in [9.17, 15) is 13.2 Å². The normalized spacial score (nSPS) is 11.4. The maximum absolute atomic E-state index is 12.8. The fourth-order valence-corrected chi connectivity index (χ4v) is 4.00. The van der Waals surface area contributed by atoms with Gasteiger partial charge in [0.05, 0.1) is 22.0 Å². The Bertz CT molecular complexity index is 1120. The minimum atomic E-state index is -3.64. The van der Waals surface area contributed by atoms with Gasteiger partial charge >= 0.3 is 0 Å². The summed E-state index contributed by atoms with van der Waals surface area (Å²) in [4.78, 5) is 12.8. The van der Waals surface area contributed by atoms with Gasteiger partial charge in [-0.25, -0.2) is 17.8 Å². The number of carbonyl (C=O) groups excluding carboxylic acids is 1. The second-order valence-corrected chi connectivity index (χ2v) is 8.11. The van der Waals surface area contributed by atoms with E-state index < -0.39 is 15.9 Å². The maximum atomic E-state index is 12.8. The van der Waals surface area contributed by atoms with E-state index in [4.69, 9.17) is 0 Å². The lowest BCUT2D eigenvalue weighted by Crippen LogP contribution is -2.23. The topological polar surface area (TPSA) is 93.1 Å². The number of hydrogen-bond donors (Lipinski definition) is 2. The van der Waals surface area contributed by atoms with Gasteiger partial charge in [-0.15, -0.1) is 0 Å². The van der Waals surface area contributed by atoms with Crippen LogP contribution in [0.1, 0.15) is 28.7 Å². The third-order valence-electron chi connectivity index (χ3n) is 4.13. The Labute approximate surface area is 164 Å². The lowest BCUT2D eigenvalue weighted by Gasteiger charge is -2.13. The third-order valence-corrected chi connectivity index (χ3v) is 5.67. The molecule has 28 heavy (non-hydrogen) atoms. The van der Waals surface area contributed by atoms with Crippen molar-refractivity contribution in [1.29, 1.82) is 0 Å². The van der Waals surface area contributed by atoms with E-state index in [1.165, 1.54) is 12.1 Å². The number of nitrogens with zero attached hydrogens (tertiary/aromatic N) is 2. The Morgan fingerprint density at radius 3 is 2.50 bits per heavy atom. The van der Waals surface area contributed by atoms with Gasteiger partial charge in [-0.3, -0.25) is 4.79 Å². The van der Waals surface area contributed by atoms with E-state index in [0.29, 0.717) is 5.69 Å². The molecule has 1 amide bonds. The van der Waals surface area contributed by atoms with Crippen molar-refractivity contribution in [3.63, 3.8) is 0 Å². The van der Waals surface area contributed by atoms with E-state index in [1.807, 2.05) is 38.1 Å². The molecule has 8 heteroatoms. The first-order chi connectivity index (χ1) is 13.3. The number of nitrogens with one attached hydrogen (secondary N) is 2. The van der Waals surface area contributed by atoms with Crippen LogP contribution in [0.4, 0.5) is 5.69 Å². The highest BCUT2D eigenvalue weighted by Gasteiger charge is 2.17. The van der Waals surface area contributed by atoms with Gasteiger partial charge in [0.15, 0.2) is 0 Å². The summed E-state index contributed by atoms with van der Waals surface area (Å²) in [5.74, 6) is -0.400. The lowest BCUT2D eigenvalue weighted by molar-refractivity contribution is 0.102. The molecule has 146 valence electrons. The van der Waals surface area contributed by atoms with E-state index in [1.54, 1.807) is 29.8 Å². The monoisotopic (exact) mass is 398 g/mol. The summed E-state index contributed by atoms with van der Waals surface area (Å²) in [5.41, 5.74) is 3.39. The number of carbonyl (C=O) groups is 1. The number of sulfonamides is 1. The molecular weight excluding hydrogens is 376 g/mol. The molecule has 1 aromatic heterocycles. The summed E-state index contributed by atoms with van der Waals surface area (Å²) in [5, 5.41) is 7.32. The highest BCUT2D eigenvalue weighted by Crippen LogP contribution is 2.22. The van der Waals surface area contributed by atoms with E-state index >= 15 is 0 Å². The molecule has 2 aromatic carbocycles. The molecule has 0 atom stereocenters. The van der Waals surface area contributed by atoms with Crippen molar-refractivity contribution >= 4 is 21.6 Å². The molecule has 3 rings (SSSR count). The number of para-hydroxylation sites is 2. The van der Waals surface area contributed by atoms with Gasteiger partial charge in [-0.2, -0.15) is 5.10 Å². The van der Waals surface area contributed by atoms with Crippen LogP contribution in [0.5, 0.6) is 0 Å². The van der Waals surface area contributed by atoms with Gasteiger partial charge in [0.2, 0.25) is 10.0 Å². The molecule has 3 aromatic rings. The van der Waals surface area contributed by atoms with Crippen molar-refractivity contribution in [3.8, 4) is 5.69 Å². The fraction of sp³-hybridized carbons (Fsp3) is 0.200. The maximum Gasteiger partial charge on any atom is 0.255 e. The molecule has 0 radical (unpaired) electrons. The highest BCUT2D eigenvalue weighted by atomic mass is 32.2. The van der Waals surface area contributed by atoms with Gasteiger partial charge in [0, 0.05) is 17.8 Å². The number of rotatable bonds is 6. The Morgan fingerprint density at radius 1 is 1.07 bits per heavy atom. The summed E-state index contributed by atoms with van der Waals surface area (Å²) in [6, 6.07) is 15.2. The van der Waals surface area contributed by atoms with Gasteiger partial charge in [0.25, 0.3) is 5.91 Å². The third kappa shape index (κ3) is 4.13. The minimum Gasteiger partial charge on any atom is -0.320 e. The first-order valence-corrected chi connectivity index (χ1v) is 10.3. The Kier molecular flexibility index (Phi) is 5.62. The first-order valence-electron chi connectivity index (χ1n) is 8.85. The molecule has 0 spiro atoms. The number of benzene rings is 2. The lowest BCUT2D eigenvalue weighted by atomic mass is 10.2. The van der Waals surface area contributed by atoms with E-state index in [-0.39, 0.29) is 17.0 Å². The van der Waals surface area contributed by atoms with Gasteiger partial charge < -0.3 is 5.32 Å². The number of aromatic nitrogens is 2. The largest absolute Gasteiger partial charge is 0.320 e. The number of aryl methyl sites for hydroxylation is 2. The summed E-state index contributed by atoms with van der Waals surface area (Å²) in [6.45, 7) is 5.81. The van der Waals surface area contributed by atoms with Crippen molar-refractivity contribution < 1.29 is 13.2 Å². The highest BCUT2D eigenvalue weighted by molar-refractivity contribution is 7.89. The fourth-order valence-electron chi connectivity index (χ4n) is 2.91. The van der Waals surface area contributed by atoms with Crippen molar-refractivity contribution in [2.24, 2.45) is 0 Å². The van der Waals surface area contributed by atoms with Gasteiger partial charge in [-0.1, -0.05) is 25.1 Å². The second kappa shape index (κ2) is 7.95. The quantitative estimate of drug-likeness (QED) is 0.667. The molecule has 0 saturated carbocycles. The minimum absolute atomic E-state index is 0.0498. The number of anilines is 1. The summed E-state index contributed by atoms with van der Waals surface area (Å²) >= 11 is 0. The summed E-state index contributed by atoms with van der Waals surface area (Å²) in [6.07, 6.45) is 0. The second-order valence-electron chi connectivity index (χ2n) is 6.34. The van der Waals surface area contributed by atoms with Crippen LogP contribution in [0.15, 0.2) is 59.5 Å². The molecule has 2 N–H and O–H groups in total. The van der Waals surface area contributed by atoms with Crippen molar-refractivity contribution in [2.45, 2.75) is 25.7 Å². The first kappa shape index (κ1) is 19.8. The van der Waals surface area contributed by atoms with Crippen molar-refractivity contribution in [3.05, 3.63) is 71.5 Å². The Hall–Kier alpha value is -2.97. The number of hydrogen-bond acceptors (Lipinski definition) is 4. The zero-order valence-electron chi connectivity index (χ0n) is 15.9. The molecule has 0 aliphatic rings.